The highest BCUT2D eigenvalue weighted by molar-refractivity contribution is 7.91. The van der Waals surface area contributed by atoms with Gasteiger partial charge in [0, 0.05) is 25.0 Å². The van der Waals surface area contributed by atoms with Crippen LogP contribution in [0.1, 0.15) is 29.2 Å². The van der Waals surface area contributed by atoms with Crippen LogP contribution in [-0.2, 0) is 19.4 Å². The van der Waals surface area contributed by atoms with Gasteiger partial charge in [-0.05, 0) is 43.5 Å². The molecule has 3 rings (SSSR count). The molecule has 1 aromatic carbocycles. The Morgan fingerprint density at radius 3 is 2.44 bits per heavy atom. The molecule has 8 heteroatoms. The molecule has 1 fully saturated rings. The van der Waals surface area contributed by atoms with E-state index in [1.165, 1.54) is 18.3 Å². The van der Waals surface area contributed by atoms with Gasteiger partial charge in [0.25, 0.3) is 0 Å². The van der Waals surface area contributed by atoms with Crippen LogP contribution in [0.15, 0.2) is 53.7 Å². The van der Waals surface area contributed by atoms with Gasteiger partial charge in [0.15, 0.2) is 9.84 Å². The Bertz CT molecular complexity index is 923. The van der Waals surface area contributed by atoms with Crippen LogP contribution in [0.3, 0.4) is 0 Å². The van der Waals surface area contributed by atoms with E-state index in [2.05, 4.69) is 15.6 Å². The topological polar surface area (TPSA) is 105 Å². The van der Waals surface area contributed by atoms with Gasteiger partial charge >= 0.3 is 11.8 Å². The molecule has 0 aliphatic heterocycles. The maximum atomic E-state index is 13.1. The van der Waals surface area contributed by atoms with E-state index in [1.807, 2.05) is 6.92 Å². The SMILES string of the molecule is Cc1ccc(S(=O)(=O)[C@H](CNC(=O)C(=O)NC2CC2)c2cccnc2)cc1. The Kier molecular flexibility index (Phi) is 5.55. The molecular formula is C19H21N3O4S. The standard InChI is InChI=1S/C19H21N3O4S/c1-13-4-8-16(9-5-13)27(25,26)17(14-3-2-10-20-11-14)12-21-18(23)19(24)22-15-6-7-15/h2-5,8-11,15,17H,6-7,12H2,1H3,(H,21,23)(H,22,24)/t17-/m1/s1. The number of hydrogen-bond acceptors (Lipinski definition) is 5. The zero-order valence-corrected chi connectivity index (χ0v) is 15.7. The lowest BCUT2D eigenvalue weighted by Crippen LogP contribution is -2.43. The third-order valence-electron chi connectivity index (χ3n) is 4.35. The quantitative estimate of drug-likeness (QED) is 0.727. The Hall–Kier alpha value is -2.74. The van der Waals surface area contributed by atoms with Crippen molar-refractivity contribution in [3.63, 3.8) is 0 Å². The molecular weight excluding hydrogens is 366 g/mol. The normalized spacial score (nSPS) is 15.0. The molecule has 142 valence electrons. The van der Waals surface area contributed by atoms with Crippen molar-refractivity contribution in [2.75, 3.05) is 6.54 Å². The fraction of sp³-hybridized carbons (Fsp3) is 0.316. The summed E-state index contributed by atoms with van der Waals surface area (Å²) in [5.41, 5.74) is 1.39. The van der Waals surface area contributed by atoms with Gasteiger partial charge in [-0.25, -0.2) is 8.42 Å². The molecule has 7 nitrogen and oxygen atoms in total. The van der Waals surface area contributed by atoms with Crippen molar-refractivity contribution in [1.29, 1.82) is 0 Å². The number of carbonyl (C=O) groups excluding carboxylic acids is 2. The first kappa shape index (κ1) is 19.0. The van der Waals surface area contributed by atoms with Gasteiger partial charge in [-0.15, -0.1) is 0 Å². The van der Waals surface area contributed by atoms with E-state index >= 15 is 0 Å². The van der Waals surface area contributed by atoms with E-state index in [0.29, 0.717) is 5.56 Å². The monoisotopic (exact) mass is 387 g/mol. The maximum absolute atomic E-state index is 13.1. The molecule has 0 unspecified atom stereocenters. The van der Waals surface area contributed by atoms with E-state index in [1.54, 1.807) is 30.5 Å². The highest BCUT2D eigenvalue weighted by Crippen LogP contribution is 2.28. The minimum absolute atomic E-state index is 0.0497. The number of aromatic nitrogens is 1. The van der Waals surface area contributed by atoms with Crippen molar-refractivity contribution in [2.45, 2.75) is 36.0 Å². The molecule has 27 heavy (non-hydrogen) atoms. The highest BCUT2D eigenvalue weighted by atomic mass is 32.2. The second kappa shape index (κ2) is 7.87. The molecule has 1 aliphatic carbocycles. The fourth-order valence-electron chi connectivity index (χ4n) is 2.61. The minimum atomic E-state index is -3.79. The van der Waals surface area contributed by atoms with E-state index in [-0.39, 0.29) is 17.5 Å². The van der Waals surface area contributed by atoms with E-state index in [9.17, 15) is 18.0 Å². The second-order valence-electron chi connectivity index (χ2n) is 6.59. The first-order valence-corrected chi connectivity index (χ1v) is 10.2. The molecule has 0 bridgehead atoms. The van der Waals surface area contributed by atoms with Gasteiger partial charge < -0.3 is 10.6 Å². The molecule has 1 aromatic heterocycles. The van der Waals surface area contributed by atoms with Gasteiger partial charge in [0.05, 0.1) is 4.90 Å². The van der Waals surface area contributed by atoms with Crippen molar-refractivity contribution >= 4 is 21.7 Å². The van der Waals surface area contributed by atoms with Crippen LogP contribution >= 0.6 is 0 Å². The fourth-order valence-corrected chi connectivity index (χ4v) is 4.25. The van der Waals surface area contributed by atoms with Crippen molar-refractivity contribution < 1.29 is 18.0 Å². The summed E-state index contributed by atoms with van der Waals surface area (Å²) >= 11 is 0. The second-order valence-corrected chi connectivity index (χ2v) is 8.72. The van der Waals surface area contributed by atoms with E-state index in [0.717, 1.165) is 18.4 Å². The Morgan fingerprint density at radius 1 is 1.15 bits per heavy atom. The number of aryl methyl sites for hydroxylation is 1. The lowest BCUT2D eigenvalue weighted by molar-refractivity contribution is -0.139. The summed E-state index contributed by atoms with van der Waals surface area (Å²) < 4.78 is 26.3. The van der Waals surface area contributed by atoms with Gasteiger partial charge in [-0.1, -0.05) is 23.8 Å². The molecule has 0 spiro atoms. The summed E-state index contributed by atoms with van der Waals surface area (Å²) in [4.78, 5) is 28.0. The van der Waals surface area contributed by atoms with Crippen LogP contribution in [0.2, 0.25) is 0 Å². The third kappa shape index (κ3) is 4.71. The first-order chi connectivity index (χ1) is 12.9. The summed E-state index contributed by atoms with van der Waals surface area (Å²) in [5, 5.41) is 3.98. The number of amides is 2. The summed E-state index contributed by atoms with van der Waals surface area (Å²) in [5.74, 6) is -1.58. The highest BCUT2D eigenvalue weighted by Gasteiger charge is 2.31. The molecule has 0 radical (unpaired) electrons. The number of carbonyl (C=O) groups is 2. The van der Waals surface area contributed by atoms with Crippen LogP contribution in [0.25, 0.3) is 0 Å². The van der Waals surface area contributed by atoms with Crippen molar-refractivity contribution in [3.8, 4) is 0 Å². The average molecular weight is 387 g/mol. The molecule has 1 saturated carbocycles. The van der Waals surface area contributed by atoms with Gasteiger partial charge in [-0.2, -0.15) is 0 Å². The molecule has 1 aliphatic rings. The lowest BCUT2D eigenvalue weighted by atomic mass is 10.2. The van der Waals surface area contributed by atoms with Crippen LogP contribution in [-0.4, -0.2) is 37.8 Å². The summed E-state index contributed by atoms with van der Waals surface area (Å²) in [6.45, 7) is 1.65. The van der Waals surface area contributed by atoms with Gasteiger partial charge in [0.2, 0.25) is 0 Å². The van der Waals surface area contributed by atoms with Crippen molar-refractivity contribution in [2.24, 2.45) is 0 Å². The van der Waals surface area contributed by atoms with E-state index < -0.39 is 26.9 Å². The minimum Gasteiger partial charge on any atom is -0.346 e. The van der Waals surface area contributed by atoms with Crippen LogP contribution in [0.4, 0.5) is 0 Å². The summed E-state index contributed by atoms with van der Waals surface area (Å²) in [7, 11) is -3.79. The van der Waals surface area contributed by atoms with Crippen LogP contribution < -0.4 is 10.6 Å². The Labute approximate surface area is 158 Å². The zero-order valence-electron chi connectivity index (χ0n) is 14.9. The molecule has 2 aromatic rings. The molecule has 1 atom stereocenters. The van der Waals surface area contributed by atoms with Crippen molar-refractivity contribution in [3.05, 3.63) is 59.9 Å². The largest absolute Gasteiger partial charge is 0.346 e. The molecule has 0 saturated heterocycles. The van der Waals surface area contributed by atoms with E-state index in [4.69, 9.17) is 0 Å². The van der Waals surface area contributed by atoms with Gasteiger partial charge in [-0.3, -0.25) is 14.6 Å². The summed E-state index contributed by atoms with van der Waals surface area (Å²) in [6.07, 6.45) is 4.71. The van der Waals surface area contributed by atoms with Gasteiger partial charge in [0.1, 0.15) is 5.25 Å². The Balaban J connectivity index is 1.81. The number of sulfone groups is 1. The number of nitrogens with zero attached hydrogens (tertiary/aromatic N) is 1. The maximum Gasteiger partial charge on any atom is 0.309 e. The Morgan fingerprint density at radius 2 is 1.85 bits per heavy atom. The number of hydrogen-bond donors (Lipinski definition) is 2. The van der Waals surface area contributed by atoms with Crippen molar-refractivity contribution in [1.82, 2.24) is 15.6 Å². The smallest absolute Gasteiger partial charge is 0.309 e. The average Bonchev–Trinajstić information content (AvgIpc) is 3.46. The molecule has 2 amide bonds. The molecule has 1 heterocycles. The zero-order chi connectivity index (χ0) is 19.4. The lowest BCUT2D eigenvalue weighted by Gasteiger charge is -2.18. The summed E-state index contributed by atoms with van der Waals surface area (Å²) in [6, 6.07) is 9.83. The first-order valence-electron chi connectivity index (χ1n) is 8.67. The number of benzene rings is 1. The number of pyridine rings is 1. The van der Waals surface area contributed by atoms with Crippen LogP contribution in [0.5, 0.6) is 0 Å². The molecule has 2 N–H and O–H groups in total. The third-order valence-corrected chi connectivity index (χ3v) is 6.46. The predicted molar refractivity (Wildman–Crippen MR) is 99.5 cm³/mol. The van der Waals surface area contributed by atoms with Crippen LogP contribution in [0, 0.1) is 6.92 Å². The number of rotatable bonds is 6. The predicted octanol–water partition coefficient (Wildman–Crippen LogP) is 1.30. The number of nitrogens with one attached hydrogen (secondary N) is 2.